The maximum atomic E-state index is 13.2. The van der Waals surface area contributed by atoms with Crippen molar-refractivity contribution in [3.8, 4) is 0 Å². The van der Waals surface area contributed by atoms with Crippen LogP contribution in [0.15, 0.2) is 41.6 Å². The Morgan fingerprint density at radius 1 is 1.31 bits per heavy atom. The van der Waals surface area contributed by atoms with Gasteiger partial charge in [0.25, 0.3) is 5.56 Å². The lowest BCUT2D eigenvalue weighted by molar-refractivity contribution is -0.139. The third-order valence-corrected chi connectivity index (χ3v) is 3.43. The summed E-state index contributed by atoms with van der Waals surface area (Å²) in [7, 11) is 0. The molecule has 0 saturated heterocycles. The molecular weight excluding hydrogens is 355 g/mol. The van der Waals surface area contributed by atoms with Crippen LogP contribution in [0.25, 0.3) is 0 Å². The van der Waals surface area contributed by atoms with Crippen LogP contribution in [0.2, 0.25) is 0 Å². The van der Waals surface area contributed by atoms with Crippen LogP contribution in [-0.2, 0) is 15.7 Å². The molecule has 2 aromatic heterocycles. The standard InChI is InChI=1S/C16H16F3N3O4/c17-16(18,19)14-11(3-7-21-15(14)25)22-12(9-26-8-4-13(23)24)10-1-5-20-6-2-10/h1-3,5-7,12H,4,8-9H2,(H,23,24)(H2,21,22,25). The van der Waals surface area contributed by atoms with Crippen LogP contribution in [-0.4, -0.2) is 34.3 Å². The van der Waals surface area contributed by atoms with E-state index in [4.69, 9.17) is 9.84 Å². The molecule has 0 radical (unpaired) electrons. The summed E-state index contributed by atoms with van der Waals surface area (Å²) in [5, 5.41) is 11.3. The van der Waals surface area contributed by atoms with Crippen molar-refractivity contribution in [1.29, 1.82) is 0 Å². The van der Waals surface area contributed by atoms with E-state index in [1.807, 2.05) is 4.98 Å². The monoisotopic (exact) mass is 371 g/mol. The molecule has 0 amide bonds. The van der Waals surface area contributed by atoms with Crippen LogP contribution < -0.4 is 10.9 Å². The number of carboxylic acid groups (broad SMARTS) is 1. The quantitative estimate of drug-likeness (QED) is 0.616. The number of carbonyl (C=O) groups is 1. The molecule has 10 heteroatoms. The van der Waals surface area contributed by atoms with Gasteiger partial charge in [-0.3, -0.25) is 14.6 Å². The predicted molar refractivity (Wildman–Crippen MR) is 85.7 cm³/mol. The highest BCUT2D eigenvalue weighted by molar-refractivity contribution is 5.66. The van der Waals surface area contributed by atoms with Crippen LogP contribution in [0.5, 0.6) is 0 Å². The SMILES string of the molecule is O=C(O)CCOCC(Nc1cc[nH]c(=O)c1C(F)(F)F)c1ccncc1. The number of alkyl halides is 3. The first-order chi connectivity index (χ1) is 12.3. The smallest absolute Gasteiger partial charge is 0.423 e. The van der Waals surface area contributed by atoms with Crippen molar-refractivity contribution >= 4 is 11.7 Å². The summed E-state index contributed by atoms with van der Waals surface area (Å²) in [5.41, 5.74) is -2.43. The average Bonchev–Trinajstić information content (AvgIpc) is 2.57. The van der Waals surface area contributed by atoms with Crippen LogP contribution in [0, 0.1) is 0 Å². The summed E-state index contributed by atoms with van der Waals surface area (Å²) >= 11 is 0. The fourth-order valence-electron chi connectivity index (χ4n) is 2.25. The minimum atomic E-state index is -4.84. The molecule has 1 atom stereocenters. The Morgan fingerprint density at radius 3 is 2.62 bits per heavy atom. The number of hydrogen-bond acceptors (Lipinski definition) is 5. The lowest BCUT2D eigenvalue weighted by atomic mass is 10.1. The summed E-state index contributed by atoms with van der Waals surface area (Å²) in [6, 6.07) is 3.53. The molecule has 0 bridgehead atoms. The molecule has 0 aromatic carbocycles. The van der Waals surface area contributed by atoms with E-state index in [1.54, 1.807) is 12.1 Å². The molecule has 26 heavy (non-hydrogen) atoms. The number of pyridine rings is 2. The number of aromatic nitrogens is 2. The van der Waals surface area contributed by atoms with Gasteiger partial charge in [0, 0.05) is 18.6 Å². The molecule has 2 heterocycles. The molecule has 2 rings (SSSR count). The molecular formula is C16H16F3N3O4. The third kappa shape index (κ3) is 5.31. The van der Waals surface area contributed by atoms with Crippen molar-refractivity contribution in [2.45, 2.75) is 18.6 Å². The normalized spacial score (nSPS) is 12.6. The van der Waals surface area contributed by atoms with Crippen LogP contribution >= 0.6 is 0 Å². The average molecular weight is 371 g/mol. The number of H-pyrrole nitrogens is 1. The Kier molecular flexibility index (Phi) is 6.34. The third-order valence-electron chi connectivity index (χ3n) is 3.43. The second-order valence-corrected chi connectivity index (χ2v) is 5.29. The number of aromatic amines is 1. The number of hydrogen-bond donors (Lipinski definition) is 3. The Hall–Kier alpha value is -2.88. The number of rotatable bonds is 8. The van der Waals surface area contributed by atoms with Crippen molar-refractivity contribution in [2.24, 2.45) is 0 Å². The molecule has 1 unspecified atom stereocenters. The summed E-state index contributed by atoms with van der Waals surface area (Å²) in [5.74, 6) is -1.05. The molecule has 0 spiro atoms. The van der Waals surface area contributed by atoms with E-state index >= 15 is 0 Å². The highest BCUT2D eigenvalue weighted by Gasteiger charge is 2.37. The molecule has 3 N–H and O–H groups in total. The van der Waals surface area contributed by atoms with Gasteiger partial charge in [-0.1, -0.05) is 0 Å². The van der Waals surface area contributed by atoms with Gasteiger partial charge in [0.15, 0.2) is 0 Å². The summed E-state index contributed by atoms with van der Waals surface area (Å²) in [4.78, 5) is 28.0. The lowest BCUT2D eigenvalue weighted by Crippen LogP contribution is -2.26. The van der Waals surface area contributed by atoms with Crippen molar-refractivity contribution in [2.75, 3.05) is 18.5 Å². The zero-order chi connectivity index (χ0) is 19.2. The molecule has 7 nitrogen and oxygen atoms in total. The Balaban J connectivity index is 2.26. The Morgan fingerprint density at radius 2 is 2.00 bits per heavy atom. The molecule has 0 aliphatic rings. The maximum Gasteiger partial charge on any atom is 0.423 e. The number of ether oxygens (including phenoxy) is 1. The van der Waals surface area contributed by atoms with Gasteiger partial charge in [0.05, 0.1) is 31.4 Å². The van der Waals surface area contributed by atoms with E-state index in [-0.39, 0.29) is 19.6 Å². The van der Waals surface area contributed by atoms with Crippen molar-refractivity contribution in [3.05, 3.63) is 58.3 Å². The maximum absolute atomic E-state index is 13.2. The first kappa shape index (κ1) is 19.4. The van der Waals surface area contributed by atoms with E-state index in [1.165, 1.54) is 12.4 Å². The number of aliphatic carboxylic acids is 1. The lowest BCUT2D eigenvalue weighted by Gasteiger charge is -2.22. The molecule has 2 aromatic rings. The van der Waals surface area contributed by atoms with Gasteiger partial charge >= 0.3 is 12.1 Å². The number of nitrogens with zero attached hydrogens (tertiary/aromatic N) is 1. The van der Waals surface area contributed by atoms with Crippen molar-refractivity contribution in [3.63, 3.8) is 0 Å². The number of anilines is 1. The Bertz CT molecular complexity index is 793. The van der Waals surface area contributed by atoms with Gasteiger partial charge < -0.3 is 20.1 Å². The van der Waals surface area contributed by atoms with Crippen LogP contribution in [0.4, 0.5) is 18.9 Å². The predicted octanol–water partition coefficient (Wildman–Crippen LogP) is 2.43. The van der Waals surface area contributed by atoms with Crippen LogP contribution in [0.1, 0.15) is 23.6 Å². The largest absolute Gasteiger partial charge is 0.481 e. The van der Waals surface area contributed by atoms with E-state index in [2.05, 4.69) is 10.3 Å². The molecule has 0 aliphatic carbocycles. The Labute approximate surface area is 145 Å². The van der Waals surface area contributed by atoms with Gasteiger partial charge in [0.2, 0.25) is 0 Å². The number of nitrogens with one attached hydrogen (secondary N) is 2. The zero-order valence-corrected chi connectivity index (χ0v) is 13.4. The number of carboxylic acids is 1. The van der Waals surface area contributed by atoms with E-state index < -0.39 is 35.0 Å². The summed E-state index contributed by atoms with van der Waals surface area (Å²) < 4.78 is 44.8. The number of halogens is 3. The fraction of sp³-hybridized carbons (Fsp3) is 0.312. The van der Waals surface area contributed by atoms with Gasteiger partial charge in [0.1, 0.15) is 5.56 Å². The fourth-order valence-corrected chi connectivity index (χ4v) is 2.25. The first-order valence-corrected chi connectivity index (χ1v) is 7.54. The second kappa shape index (κ2) is 8.48. The highest BCUT2D eigenvalue weighted by atomic mass is 19.4. The molecule has 0 aliphatic heterocycles. The van der Waals surface area contributed by atoms with E-state index in [0.717, 1.165) is 12.3 Å². The van der Waals surface area contributed by atoms with Gasteiger partial charge in [-0.05, 0) is 23.8 Å². The summed E-state index contributed by atoms with van der Waals surface area (Å²) in [6.07, 6.45) is -1.05. The van der Waals surface area contributed by atoms with Crippen LogP contribution in [0.3, 0.4) is 0 Å². The minimum absolute atomic E-state index is 0.0958. The first-order valence-electron chi connectivity index (χ1n) is 7.54. The summed E-state index contributed by atoms with van der Waals surface area (Å²) in [6.45, 7) is -0.193. The van der Waals surface area contributed by atoms with E-state index in [9.17, 15) is 22.8 Å². The topological polar surface area (TPSA) is 104 Å². The molecule has 0 fully saturated rings. The van der Waals surface area contributed by atoms with Gasteiger partial charge in [-0.25, -0.2) is 0 Å². The van der Waals surface area contributed by atoms with E-state index in [0.29, 0.717) is 5.56 Å². The minimum Gasteiger partial charge on any atom is -0.481 e. The van der Waals surface area contributed by atoms with Crippen molar-refractivity contribution in [1.82, 2.24) is 9.97 Å². The highest BCUT2D eigenvalue weighted by Crippen LogP contribution is 2.33. The molecule has 140 valence electrons. The zero-order valence-electron chi connectivity index (χ0n) is 13.4. The van der Waals surface area contributed by atoms with Gasteiger partial charge in [-0.2, -0.15) is 13.2 Å². The second-order valence-electron chi connectivity index (χ2n) is 5.29. The van der Waals surface area contributed by atoms with Gasteiger partial charge in [-0.15, -0.1) is 0 Å². The van der Waals surface area contributed by atoms with Crippen molar-refractivity contribution < 1.29 is 27.8 Å². The molecule has 0 saturated carbocycles.